The number of hydrogen-bond donors (Lipinski definition) is 1. The van der Waals surface area contributed by atoms with Crippen molar-refractivity contribution < 1.29 is 8.78 Å². The van der Waals surface area contributed by atoms with Gasteiger partial charge in [0.15, 0.2) is 5.96 Å². The standard InChI is InChI=1S/C18H25F2N5/c1-12(2)17-14(11-25(5)23-17)10-24(4)18(21-3)22-9-13-8-15(19)6-7-16(13)20/h6-8,11-12H,9-10H2,1-5H3,(H,21,22). The topological polar surface area (TPSA) is 45.5 Å². The zero-order valence-electron chi connectivity index (χ0n) is 15.3. The van der Waals surface area contributed by atoms with Crippen molar-refractivity contribution in [3.8, 4) is 0 Å². The van der Waals surface area contributed by atoms with Crippen LogP contribution in [-0.2, 0) is 20.1 Å². The highest BCUT2D eigenvalue weighted by molar-refractivity contribution is 5.79. The Morgan fingerprint density at radius 2 is 2.04 bits per heavy atom. The van der Waals surface area contributed by atoms with Crippen LogP contribution >= 0.6 is 0 Å². The number of nitrogens with zero attached hydrogens (tertiary/aromatic N) is 4. The van der Waals surface area contributed by atoms with E-state index in [-0.39, 0.29) is 12.1 Å². The summed E-state index contributed by atoms with van der Waals surface area (Å²) in [5.41, 5.74) is 2.42. The Hall–Kier alpha value is -2.44. The molecule has 0 aliphatic carbocycles. The van der Waals surface area contributed by atoms with E-state index in [0.717, 1.165) is 23.4 Å². The monoisotopic (exact) mass is 349 g/mol. The van der Waals surface area contributed by atoms with Gasteiger partial charge in [-0.3, -0.25) is 9.67 Å². The molecule has 0 amide bonds. The first-order chi connectivity index (χ1) is 11.8. The van der Waals surface area contributed by atoms with Gasteiger partial charge in [-0.1, -0.05) is 13.8 Å². The van der Waals surface area contributed by atoms with Gasteiger partial charge in [0.2, 0.25) is 0 Å². The Labute approximate surface area is 147 Å². The second kappa shape index (κ2) is 8.09. The fourth-order valence-electron chi connectivity index (χ4n) is 2.73. The fraction of sp³-hybridized carbons (Fsp3) is 0.444. The van der Waals surface area contributed by atoms with Gasteiger partial charge in [-0.15, -0.1) is 0 Å². The number of hydrogen-bond acceptors (Lipinski definition) is 2. The van der Waals surface area contributed by atoms with Gasteiger partial charge in [0, 0.05) is 51.6 Å². The molecule has 0 bridgehead atoms. The Bertz CT molecular complexity index is 752. The maximum Gasteiger partial charge on any atom is 0.193 e. The molecule has 5 nitrogen and oxygen atoms in total. The van der Waals surface area contributed by atoms with Gasteiger partial charge in [0.1, 0.15) is 11.6 Å². The van der Waals surface area contributed by atoms with Crippen LogP contribution in [-0.4, -0.2) is 34.7 Å². The molecule has 2 rings (SSSR count). The van der Waals surface area contributed by atoms with E-state index in [2.05, 4.69) is 29.3 Å². The third-order valence-electron chi connectivity index (χ3n) is 3.91. The van der Waals surface area contributed by atoms with Crippen molar-refractivity contribution in [3.63, 3.8) is 0 Å². The lowest BCUT2D eigenvalue weighted by Crippen LogP contribution is -2.38. The lowest BCUT2D eigenvalue weighted by atomic mass is 10.1. The van der Waals surface area contributed by atoms with Crippen LogP contribution in [0.2, 0.25) is 0 Å². The van der Waals surface area contributed by atoms with Crippen molar-refractivity contribution in [3.05, 3.63) is 52.9 Å². The van der Waals surface area contributed by atoms with Crippen LogP contribution in [0, 0.1) is 11.6 Å². The van der Waals surface area contributed by atoms with Gasteiger partial charge in [0.05, 0.1) is 5.69 Å². The van der Waals surface area contributed by atoms with Crippen LogP contribution in [0.25, 0.3) is 0 Å². The van der Waals surface area contributed by atoms with E-state index in [1.54, 1.807) is 11.7 Å². The SMILES string of the molecule is CN=C(NCc1cc(F)ccc1F)N(C)Cc1cn(C)nc1C(C)C. The highest BCUT2D eigenvalue weighted by Gasteiger charge is 2.15. The van der Waals surface area contributed by atoms with Crippen molar-refractivity contribution in [1.82, 2.24) is 20.0 Å². The summed E-state index contributed by atoms with van der Waals surface area (Å²) in [6, 6.07) is 3.42. The molecule has 1 aromatic carbocycles. The molecular formula is C18H25F2N5. The number of aromatic nitrogens is 2. The highest BCUT2D eigenvalue weighted by atomic mass is 19.1. The normalized spacial score (nSPS) is 11.9. The van der Waals surface area contributed by atoms with Gasteiger partial charge < -0.3 is 10.2 Å². The predicted molar refractivity (Wildman–Crippen MR) is 95.3 cm³/mol. The molecule has 0 unspecified atom stereocenters. The number of nitrogens with one attached hydrogen (secondary N) is 1. The van der Waals surface area contributed by atoms with E-state index in [1.807, 2.05) is 25.2 Å². The zero-order chi connectivity index (χ0) is 18.6. The second-order valence-corrected chi connectivity index (χ2v) is 6.36. The van der Waals surface area contributed by atoms with Crippen LogP contribution < -0.4 is 5.32 Å². The summed E-state index contributed by atoms with van der Waals surface area (Å²) in [4.78, 5) is 6.15. The van der Waals surface area contributed by atoms with E-state index in [0.29, 0.717) is 18.4 Å². The lowest BCUT2D eigenvalue weighted by Gasteiger charge is -2.22. The van der Waals surface area contributed by atoms with Crippen LogP contribution in [0.1, 0.15) is 36.6 Å². The molecule has 0 aliphatic heterocycles. The molecule has 1 heterocycles. The largest absolute Gasteiger partial charge is 0.352 e. The van der Waals surface area contributed by atoms with Crippen molar-refractivity contribution in [2.24, 2.45) is 12.0 Å². The highest BCUT2D eigenvalue weighted by Crippen LogP contribution is 2.18. The first-order valence-corrected chi connectivity index (χ1v) is 8.20. The van der Waals surface area contributed by atoms with E-state index in [9.17, 15) is 8.78 Å². The van der Waals surface area contributed by atoms with Crippen molar-refractivity contribution in [2.45, 2.75) is 32.9 Å². The summed E-state index contributed by atoms with van der Waals surface area (Å²) in [7, 11) is 5.46. The molecule has 7 heteroatoms. The maximum absolute atomic E-state index is 13.7. The molecule has 136 valence electrons. The number of guanidine groups is 1. The molecule has 0 atom stereocenters. The Morgan fingerprint density at radius 3 is 2.68 bits per heavy atom. The van der Waals surface area contributed by atoms with Crippen molar-refractivity contribution >= 4 is 5.96 Å². The second-order valence-electron chi connectivity index (χ2n) is 6.36. The average Bonchev–Trinajstić information content (AvgIpc) is 2.91. The van der Waals surface area contributed by atoms with Crippen LogP contribution in [0.15, 0.2) is 29.4 Å². The van der Waals surface area contributed by atoms with E-state index in [1.165, 1.54) is 6.07 Å². The summed E-state index contributed by atoms with van der Waals surface area (Å²) in [6.45, 7) is 4.98. The van der Waals surface area contributed by atoms with Crippen molar-refractivity contribution in [1.29, 1.82) is 0 Å². The average molecular weight is 349 g/mol. The summed E-state index contributed by atoms with van der Waals surface area (Å²) in [6.07, 6.45) is 1.99. The fourth-order valence-corrected chi connectivity index (χ4v) is 2.73. The van der Waals surface area contributed by atoms with Gasteiger partial charge in [0.25, 0.3) is 0 Å². The number of aliphatic imine (C=N–C) groups is 1. The molecular weight excluding hydrogens is 324 g/mol. The molecule has 0 saturated heterocycles. The Kier molecular flexibility index (Phi) is 6.12. The first kappa shape index (κ1) is 18.9. The Morgan fingerprint density at radius 1 is 1.32 bits per heavy atom. The minimum absolute atomic E-state index is 0.157. The van der Waals surface area contributed by atoms with Gasteiger partial charge in [-0.2, -0.15) is 5.10 Å². The third kappa shape index (κ3) is 4.78. The number of rotatable bonds is 5. The minimum atomic E-state index is -0.460. The molecule has 0 fully saturated rings. The minimum Gasteiger partial charge on any atom is -0.352 e. The van der Waals surface area contributed by atoms with Gasteiger partial charge in [-0.05, 0) is 24.1 Å². The van der Waals surface area contributed by atoms with E-state index in [4.69, 9.17) is 0 Å². The predicted octanol–water partition coefficient (Wildman–Crippen LogP) is 3.03. The molecule has 1 N–H and O–H groups in total. The summed E-state index contributed by atoms with van der Waals surface area (Å²) < 4.78 is 28.8. The summed E-state index contributed by atoms with van der Waals surface area (Å²) >= 11 is 0. The molecule has 25 heavy (non-hydrogen) atoms. The molecule has 1 aromatic heterocycles. The molecule has 0 spiro atoms. The third-order valence-corrected chi connectivity index (χ3v) is 3.91. The van der Waals surface area contributed by atoms with Crippen LogP contribution in [0.4, 0.5) is 8.78 Å². The van der Waals surface area contributed by atoms with Crippen LogP contribution in [0.5, 0.6) is 0 Å². The number of halogens is 2. The quantitative estimate of drug-likeness (QED) is 0.667. The lowest BCUT2D eigenvalue weighted by molar-refractivity contribution is 0.471. The molecule has 2 aromatic rings. The van der Waals surface area contributed by atoms with Gasteiger partial charge in [-0.25, -0.2) is 8.78 Å². The van der Waals surface area contributed by atoms with Crippen LogP contribution in [0.3, 0.4) is 0 Å². The summed E-state index contributed by atoms with van der Waals surface area (Å²) in [5.74, 6) is 0.0167. The van der Waals surface area contributed by atoms with Gasteiger partial charge >= 0.3 is 0 Å². The number of aryl methyl sites for hydroxylation is 1. The molecule has 0 aliphatic rings. The Balaban J connectivity index is 2.06. The molecule has 0 saturated carbocycles. The maximum atomic E-state index is 13.7. The zero-order valence-corrected chi connectivity index (χ0v) is 15.3. The smallest absolute Gasteiger partial charge is 0.193 e. The molecule has 0 radical (unpaired) electrons. The van der Waals surface area contributed by atoms with Crippen molar-refractivity contribution in [2.75, 3.05) is 14.1 Å². The summed E-state index contributed by atoms with van der Waals surface area (Å²) in [5, 5.41) is 7.57. The van der Waals surface area contributed by atoms with E-state index < -0.39 is 11.6 Å². The first-order valence-electron chi connectivity index (χ1n) is 8.20. The number of benzene rings is 1. The van der Waals surface area contributed by atoms with E-state index >= 15 is 0 Å².